The van der Waals surface area contributed by atoms with Gasteiger partial charge in [-0.25, -0.2) is 4.98 Å². The van der Waals surface area contributed by atoms with Crippen LogP contribution in [0.25, 0.3) is 0 Å². The van der Waals surface area contributed by atoms with Crippen molar-refractivity contribution < 1.29 is 4.79 Å². The number of carbonyl (C=O) groups is 1. The van der Waals surface area contributed by atoms with Crippen molar-refractivity contribution in [2.45, 2.75) is 40.3 Å². The maximum Gasteiger partial charge on any atom is 0.251 e. The maximum atomic E-state index is 12.6. The fourth-order valence-corrected chi connectivity index (χ4v) is 3.20. The molecule has 0 aliphatic heterocycles. The molecule has 0 spiro atoms. The van der Waals surface area contributed by atoms with E-state index in [9.17, 15) is 4.79 Å². The van der Waals surface area contributed by atoms with Crippen LogP contribution in [0, 0.1) is 20.8 Å². The lowest BCUT2D eigenvalue weighted by Crippen LogP contribution is -2.27. The minimum Gasteiger partial charge on any atom is -0.346 e. The van der Waals surface area contributed by atoms with Gasteiger partial charge < -0.3 is 9.88 Å². The molecule has 0 saturated heterocycles. The minimum absolute atomic E-state index is 0.0311. The van der Waals surface area contributed by atoms with E-state index in [1.807, 2.05) is 44.3 Å². The molecule has 4 nitrogen and oxygen atoms in total. The van der Waals surface area contributed by atoms with Gasteiger partial charge in [0.1, 0.15) is 5.82 Å². The summed E-state index contributed by atoms with van der Waals surface area (Å²) < 4.78 is 2.08. The van der Waals surface area contributed by atoms with Crippen molar-refractivity contribution in [2.75, 3.05) is 0 Å². The van der Waals surface area contributed by atoms with Crippen molar-refractivity contribution in [3.63, 3.8) is 0 Å². The van der Waals surface area contributed by atoms with Crippen LogP contribution in [0.15, 0.2) is 54.9 Å². The van der Waals surface area contributed by atoms with Crippen LogP contribution in [0.5, 0.6) is 0 Å². The van der Waals surface area contributed by atoms with Crippen molar-refractivity contribution in [3.8, 4) is 0 Å². The molecule has 0 bridgehead atoms. The van der Waals surface area contributed by atoms with Crippen LogP contribution in [-0.4, -0.2) is 15.5 Å². The highest BCUT2D eigenvalue weighted by Crippen LogP contribution is 2.19. The van der Waals surface area contributed by atoms with E-state index in [-0.39, 0.29) is 11.9 Å². The van der Waals surface area contributed by atoms with Crippen LogP contribution in [0.3, 0.4) is 0 Å². The largest absolute Gasteiger partial charge is 0.346 e. The van der Waals surface area contributed by atoms with Crippen molar-refractivity contribution in [1.82, 2.24) is 14.9 Å². The summed E-state index contributed by atoms with van der Waals surface area (Å²) in [5.41, 5.74) is 5.39. The zero-order valence-corrected chi connectivity index (χ0v) is 15.8. The maximum absolute atomic E-state index is 12.6. The summed E-state index contributed by atoms with van der Waals surface area (Å²) in [4.78, 5) is 16.8. The molecule has 3 aromatic rings. The first-order valence-electron chi connectivity index (χ1n) is 8.88. The SMILES string of the molecule is Cc1ccc([C@@H](C)NC(=O)c2ccc(Cn3ccnc3C)cc2)c(C)c1. The molecule has 1 N–H and O–H groups in total. The van der Waals surface area contributed by atoms with Gasteiger partial charge in [0, 0.05) is 24.5 Å². The molecule has 0 aliphatic carbocycles. The van der Waals surface area contributed by atoms with Gasteiger partial charge in [0.2, 0.25) is 0 Å². The molecule has 1 aromatic heterocycles. The summed E-state index contributed by atoms with van der Waals surface area (Å²) in [6, 6.07) is 14.0. The Labute approximate surface area is 154 Å². The van der Waals surface area contributed by atoms with Crippen molar-refractivity contribution >= 4 is 5.91 Å². The van der Waals surface area contributed by atoms with E-state index in [2.05, 4.69) is 46.9 Å². The number of hydrogen-bond donors (Lipinski definition) is 1. The number of aryl methyl sites for hydroxylation is 3. The number of amides is 1. The topological polar surface area (TPSA) is 46.9 Å². The highest BCUT2D eigenvalue weighted by atomic mass is 16.1. The summed E-state index contributed by atoms with van der Waals surface area (Å²) in [6.45, 7) is 8.92. The first-order chi connectivity index (χ1) is 12.4. The summed E-state index contributed by atoms with van der Waals surface area (Å²) in [7, 11) is 0. The van der Waals surface area contributed by atoms with Gasteiger partial charge in [-0.2, -0.15) is 0 Å². The van der Waals surface area contributed by atoms with Crippen molar-refractivity contribution in [3.05, 3.63) is 88.5 Å². The Morgan fingerprint density at radius 3 is 2.46 bits per heavy atom. The molecular formula is C22H25N3O. The molecule has 0 aliphatic rings. The molecule has 0 unspecified atom stereocenters. The number of hydrogen-bond acceptors (Lipinski definition) is 2. The molecule has 4 heteroatoms. The van der Waals surface area contributed by atoms with E-state index in [0.29, 0.717) is 5.56 Å². The quantitative estimate of drug-likeness (QED) is 0.746. The van der Waals surface area contributed by atoms with Crippen LogP contribution in [0.1, 0.15) is 51.4 Å². The Kier molecular flexibility index (Phi) is 5.21. The van der Waals surface area contributed by atoms with Gasteiger partial charge in [0.15, 0.2) is 0 Å². The number of nitrogens with one attached hydrogen (secondary N) is 1. The molecule has 1 amide bonds. The zero-order chi connectivity index (χ0) is 18.7. The van der Waals surface area contributed by atoms with E-state index < -0.39 is 0 Å². The second kappa shape index (κ2) is 7.56. The van der Waals surface area contributed by atoms with Crippen LogP contribution in [0.2, 0.25) is 0 Å². The Morgan fingerprint density at radius 2 is 1.85 bits per heavy atom. The molecule has 0 radical (unpaired) electrons. The van der Waals surface area contributed by atoms with Crippen LogP contribution in [-0.2, 0) is 6.54 Å². The van der Waals surface area contributed by atoms with E-state index in [1.165, 1.54) is 11.1 Å². The zero-order valence-electron chi connectivity index (χ0n) is 15.8. The van der Waals surface area contributed by atoms with Crippen LogP contribution in [0.4, 0.5) is 0 Å². The number of nitrogens with zero attached hydrogens (tertiary/aromatic N) is 2. The lowest BCUT2D eigenvalue weighted by Gasteiger charge is -2.17. The Hall–Kier alpha value is -2.88. The van der Waals surface area contributed by atoms with E-state index >= 15 is 0 Å². The van der Waals surface area contributed by atoms with Gasteiger partial charge in [0.25, 0.3) is 5.91 Å². The van der Waals surface area contributed by atoms with Crippen molar-refractivity contribution in [2.24, 2.45) is 0 Å². The third-order valence-electron chi connectivity index (χ3n) is 4.73. The molecule has 26 heavy (non-hydrogen) atoms. The van der Waals surface area contributed by atoms with Crippen LogP contribution >= 0.6 is 0 Å². The fraction of sp³-hybridized carbons (Fsp3) is 0.273. The fourth-order valence-electron chi connectivity index (χ4n) is 3.20. The van der Waals surface area contributed by atoms with Crippen LogP contribution < -0.4 is 5.32 Å². The number of benzene rings is 2. The second-order valence-corrected chi connectivity index (χ2v) is 6.85. The van der Waals surface area contributed by atoms with Gasteiger partial charge in [-0.3, -0.25) is 4.79 Å². The van der Waals surface area contributed by atoms with Gasteiger partial charge >= 0.3 is 0 Å². The van der Waals surface area contributed by atoms with Gasteiger partial charge in [-0.1, -0.05) is 35.9 Å². The highest BCUT2D eigenvalue weighted by molar-refractivity contribution is 5.94. The number of imidazole rings is 1. The minimum atomic E-state index is -0.0529. The molecule has 0 fully saturated rings. The average Bonchev–Trinajstić information content (AvgIpc) is 3.00. The molecule has 0 saturated carbocycles. The van der Waals surface area contributed by atoms with E-state index in [1.54, 1.807) is 6.20 Å². The average molecular weight is 347 g/mol. The van der Waals surface area contributed by atoms with E-state index in [0.717, 1.165) is 23.5 Å². The Balaban J connectivity index is 1.67. The Morgan fingerprint density at radius 1 is 1.12 bits per heavy atom. The molecule has 2 aromatic carbocycles. The third-order valence-corrected chi connectivity index (χ3v) is 4.73. The predicted octanol–water partition coefficient (Wildman–Crippen LogP) is 4.35. The molecule has 3 rings (SSSR count). The van der Waals surface area contributed by atoms with Gasteiger partial charge in [-0.15, -0.1) is 0 Å². The third kappa shape index (κ3) is 4.02. The highest BCUT2D eigenvalue weighted by Gasteiger charge is 2.13. The number of carbonyl (C=O) groups excluding carboxylic acids is 1. The predicted molar refractivity (Wildman–Crippen MR) is 104 cm³/mol. The smallest absolute Gasteiger partial charge is 0.251 e. The van der Waals surface area contributed by atoms with Gasteiger partial charge in [-0.05, 0) is 56.5 Å². The number of rotatable bonds is 5. The van der Waals surface area contributed by atoms with Gasteiger partial charge in [0.05, 0.1) is 6.04 Å². The van der Waals surface area contributed by atoms with Crippen molar-refractivity contribution in [1.29, 1.82) is 0 Å². The lowest BCUT2D eigenvalue weighted by molar-refractivity contribution is 0.0940. The molecular weight excluding hydrogens is 322 g/mol. The molecule has 1 atom stereocenters. The summed E-state index contributed by atoms with van der Waals surface area (Å²) >= 11 is 0. The first kappa shape index (κ1) is 17.9. The lowest BCUT2D eigenvalue weighted by atomic mass is 10.00. The summed E-state index contributed by atoms with van der Waals surface area (Å²) in [5.74, 6) is 0.928. The molecule has 1 heterocycles. The summed E-state index contributed by atoms with van der Waals surface area (Å²) in [6.07, 6.45) is 3.76. The standard InChI is InChI=1S/C22H25N3O/c1-15-5-10-21(16(2)13-15)17(3)24-22(26)20-8-6-19(7-9-20)14-25-12-11-23-18(25)4/h5-13,17H,14H2,1-4H3,(H,24,26)/t17-/m1/s1. The second-order valence-electron chi connectivity index (χ2n) is 6.85. The molecule has 134 valence electrons. The normalized spacial score (nSPS) is 12.0. The first-order valence-corrected chi connectivity index (χ1v) is 8.88. The monoisotopic (exact) mass is 347 g/mol. The Bertz CT molecular complexity index is 909. The number of aromatic nitrogens is 2. The van der Waals surface area contributed by atoms with E-state index in [4.69, 9.17) is 0 Å². The summed E-state index contributed by atoms with van der Waals surface area (Å²) in [5, 5.41) is 3.09.